The van der Waals surface area contributed by atoms with Gasteiger partial charge in [-0.3, -0.25) is 9.89 Å². The Morgan fingerprint density at radius 2 is 2.24 bits per heavy atom. The maximum atomic E-state index is 5.95. The predicted octanol–water partition coefficient (Wildman–Crippen LogP) is 1.82. The number of aliphatic imine (C=N–C) groups is 1. The summed E-state index contributed by atoms with van der Waals surface area (Å²) in [5, 5.41) is 6.73. The van der Waals surface area contributed by atoms with Crippen molar-refractivity contribution in [2.75, 3.05) is 32.8 Å². The minimum atomic E-state index is 0. The predicted molar refractivity (Wildman–Crippen MR) is 98.6 cm³/mol. The maximum absolute atomic E-state index is 5.95. The molecule has 0 aromatic rings. The maximum Gasteiger partial charge on any atom is 0.191 e. The number of guanidine groups is 1. The number of rotatable bonds is 5. The van der Waals surface area contributed by atoms with Crippen LogP contribution in [0.3, 0.4) is 0 Å². The summed E-state index contributed by atoms with van der Waals surface area (Å²) in [5.74, 6) is 0.911. The fourth-order valence-corrected chi connectivity index (χ4v) is 2.84. The summed E-state index contributed by atoms with van der Waals surface area (Å²) in [6.45, 7) is 11.3. The zero-order valence-corrected chi connectivity index (χ0v) is 15.9. The molecule has 3 atom stereocenters. The van der Waals surface area contributed by atoms with Crippen LogP contribution in [0.25, 0.3) is 0 Å². The summed E-state index contributed by atoms with van der Waals surface area (Å²) in [4.78, 5) is 7.25. The molecule has 21 heavy (non-hydrogen) atoms. The van der Waals surface area contributed by atoms with E-state index in [-0.39, 0.29) is 30.1 Å². The van der Waals surface area contributed by atoms with Crippen molar-refractivity contribution in [3.63, 3.8) is 0 Å². The highest BCUT2D eigenvalue weighted by Crippen LogP contribution is 2.22. The van der Waals surface area contributed by atoms with Crippen LogP contribution in [0, 0.1) is 0 Å². The lowest BCUT2D eigenvalue weighted by Gasteiger charge is -2.34. The van der Waals surface area contributed by atoms with Crippen molar-refractivity contribution in [2.45, 2.75) is 58.2 Å². The third-order valence-corrected chi connectivity index (χ3v) is 4.25. The molecule has 0 spiro atoms. The fraction of sp³-hybridized carbons (Fsp3) is 0.933. The second-order valence-electron chi connectivity index (χ2n) is 5.92. The molecule has 0 aliphatic carbocycles. The number of nitrogens with one attached hydrogen (secondary N) is 2. The average molecular weight is 410 g/mol. The number of hydrogen-bond acceptors (Lipinski definition) is 3. The molecule has 0 aromatic heterocycles. The molecule has 0 radical (unpaired) electrons. The van der Waals surface area contributed by atoms with Crippen LogP contribution in [0.1, 0.15) is 40.0 Å². The van der Waals surface area contributed by atoms with E-state index in [4.69, 9.17) is 4.74 Å². The first-order valence-corrected chi connectivity index (χ1v) is 8.13. The molecule has 2 fully saturated rings. The van der Waals surface area contributed by atoms with Crippen LogP contribution in [0.5, 0.6) is 0 Å². The van der Waals surface area contributed by atoms with Gasteiger partial charge in [0.15, 0.2) is 5.96 Å². The van der Waals surface area contributed by atoms with Gasteiger partial charge in [-0.25, -0.2) is 0 Å². The Balaban J connectivity index is 0.00000220. The van der Waals surface area contributed by atoms with Crippen molar-refractivity contribution >= 4 is 29.9 Å². The van der Waals surface area contributed by atoms with Gasteiger partial charge in [0.05, 0.1) is 19.3 Å². The second-order valence-corrected chi connectivity index (χ2v) is 5.92. The van der Waals surface area contributed by atoms with Crippen molar-refractivity contribution in [3.05, 3.63) is 0 Å². The van der Waals surface area contributed by atoms with Crippen LogP contribution in [-0.2, 0) is 4.74 Å². The van der Waals surface area contributed by atoms with Crippen LogP contribution in [-0.4, -0.2) is 61.8 Å². The third kappa shape index (κ3) is 5.90. The molecule has 124 valence electrons. The first-order chi connectivity index (χ1) is 9.72. The number of morpholine rings is 1. The smallest absolute Gasteiger partial charge is 0.191 e. The lowest BCUT2D eigenvalue weighted by atomic mass is 10.2. The molecule has 2 rings (SSSR count). The Morgan fingerprint density at radius 1 is 1.43 bits per heavy atom. The van der Waals surface area contributed by atoms with Crippen LogP contribution in [0.15, 0.2) is 4.99 Å². The SMILES string of the molecule is CCNC(=NCC1CN2CCCC2CO1)NC(C)CC.I. The molecule has 5 nitrogen and oxygen atoms in total. The molecule has 0 aromatic carbocycles. The number of ether oxygens (including phenoxy) is 1. The Labute approximate surface area is 146 Å². The van der Waals surface area contributed by atoms with Gasteiger partial charge in [-0.05, 0) is 39.7 Å². The molecule has 0 bridgehead atoms. The van der Waals surface area contributed by atoms with Crippen LogP contribution in [0.4, 0.5) is 0 Å². The quantitative estimate of drug-likeness (QED) is 0.413. The lowest BCUT2D eigenvalue weighted by molar-refractivity contribution is -0.0432. The van der Waals surface area contributed by atoms with Gasteiger partial charge in [-0.1, -0.05) is 6.92 Å². The zero-order chi connectivity index (χ0) is 14.4. The second kappa shape index (κ2) is 9.84. The van der Waals surface area contributed by atoms with E-state index in [1.807, 2.05) is 0 Å². The molecular formula is C15H31IN4O. The molecule has 2 saturated heterocycles. The van der Waals surface area contributed by atoms with E-state index in [0.717, 1.165) is 38.6 Å². The summed E-state index contributed by atoms with van der Waals surface area (Å²) in [6, 6.07) is 1.12. The lowest BCUT2D eigenvalue weighted by Crippen LogP contribution is -2.48. The Kier molecular flexibility index (Phi) is 8.89. The molecule has 2 N–H and O–H groups in total. The van der Waals surface area contributed by atoms with Gasteiger partial charge in [0, 0.05) is 25.2 Å². The minimum absolute atomic E-state index is 0. The monoisotopic (exact) mass is 410 g/mol. The molecule has 0 saturated carbocycles. The molecule has 2 aliphatic rings. The third-order valence-electron chi connectivity index (χ3n) is 4.25. The topological polar surface area (TPSA) is 48.9 Å². The van der Waals surface area contributed by atoms with E-state index in [9.17, 15) is 0 Å². The summed E-state index contributed by atoms with van der Waals surface area (Å²) in [7, 11) is 0. The van der Waals surface area contributed by atoms with E-state index >= 15 is 0 Å². The number of halogens is 1. The van der Waals surface area contributed by atoms with Gasteiger partial charge < -0.3 is 15.4 Å². The minimum Gasteiger partial charge on any atom is -0.373 e. The van der Waals surface area contributed by atoms with Crippen molar-refractivity contribution in [2.24, 2.45) is 4.99 Å². The van der Waals surface area contributed by atoms with E-state index in [1.165, 1.54) is 19.4 Å². The highest BCUT2D eigenvalue weighted by molar-refractivity contribution is 14.0. The van der Waals surface area contributed by atoms with Gasteiger partial charge >= 0.3 is 0 Å². The number of fused-ring (bicyclic) bond motifs is 1. The van der Waals surface area contributed by atoms with Crippen LogP contribution < -0.4 is 10.6 Å². The molecule has 0 amide bonds. The van der Waals surface area contributed by atoms with Crippen molar-refractivity contribution in [1.82, 2.24) is 15.5 Å². The number of hydrogen-bond donors (Lipinski definition) is 2. The number of nitrogens with zero attached hydrogens (tertiary/aromatic N) is 2. The largest absolute Gasteiger partial charge is 0.373 e. The summed E-state index contributed by atoms with van der Waals surface area (Å²) < 4.78 is 5.95. The molecular weight excluding hydrogens is 379 g/mol. The standard InChI is InChI=1S/C15H30N4O.HI/c1-4-12(3)18-15(16-5-2)17-9-14-10-19-8-6-7-13(19)11-20-14;/h12-14H,4-11H2,1-3H3,(H2,16,17,18);1H. The van der Waals surface area contributed by atoms with Crippen molar-refractivity contribution in [1.29, 1.82) is 0 Å². The molecule has 2 heterocycles. The van der Waals surface area contributed by atoms with Gasteiger partial charge in [0.1, 0.15) is 0 Å². The fourth-order valence-electron chi connectivity index (χ4n) is 2.84. The van der Waals surface area contributed by atoms with Gasteiger partial charge in [-0.2, -0.15) is 0 Å². The zero-order valence-electron chi connectivity index (χ0n) is 13.6. The molecule has 6 heteroatoms. The normalized spacial score (nSPS) is 27.7. The van der Waals surface area contributed by atoms with E-state index in [1.54, 1.807) is 0 Å². The average Bonchev–Trinajstić information content (AvgIpc) is 2.92. The van der Waals surface area contributed by atoms with E-state index in [2.05, 4.69) is 41.3 Å². The molecule has 2 aliphatic heterocycles. The van der Waals surface area contributed by atoms with E-state index < -0.39 is 0 Å². The Hall–Kier alpha value is -0.0800. The highest BCUT2D eigenvalue weighted by atomic mass is 127. The van der Waals surface area contributed by atoms with Gasteiger partial charge in [0.2, 0.25) is 0 Å². The van der Waals surface area contributed by atoms with Crippen LogP contribution >= 0.6 is 24.0 Å². The van der Waals surface area contributed by atoms with Crippen molar-refractivity contribution in [3.8, 4) is 0 Å². The first-order valence-electron chi connectivity index (χ1n) is 8.13. The van der Waals surface area contributed by atoms with Crippen LogP contribution in [0.2, 0.25) is 0 Å². The summed E-state index contributed by atoms with van der Waals surface area (Å²) >= 11 is 0. The summed E-state index contributed by atoms with van der Waals surface area (Å²) in [5.41, 5.74) is 0. The Bertz CT molecular complexity index is 327. The summed E-state index contributed by atoms with van der Waals surface area (Å²) in [6.07, 6.45) is 3.97. The highest BCUT2D eigenvalue weighted by Gasteiger charge is 2.31. The van der Waals surface area contributed by atoms with E-state index in [0.29, 0.717) is 12.1 Å². The van der Waals surface area contributed by atoms with Gasteiger partial charge in [-0.15, -0.1) is 24.0 Å². The Morgan fingerprint density at radius 3 is 2.95 bits per heavy atom. The van der Waals surface area contributed by atoms with Crippen molar-refractivity contribution < 1.29 is 4.74 Å². The molecule has 3 unspecified atom stereocenters. The van der Waals surface area contributed by atoms with Gasteiger partial charge in [0.25, 0.3) is 0 Å². The first kappa shape index (κ1) is 19.0.